The first kappa shape index (κ1) is 11.9. The molecule has 96 valence electrons. The zero-order chi connectivity index (χ0) is 13.5. The molecule has 0 fully saturated rings. The van der Waals surface area contributed by atoms with Gasteiger partial charge in [-0.1, -0.05) is 42.5 Å². The molecule has 0 radical (unpaired) electrons. The lowest BCUT2D eigenvalue weighted by molar-refractivity contribution is 0.480. The summed E-state index contributed by atoms with van der Waals surface area (Å²) in [5.41, 5.74) is 0.785. The Kier molecular flexibility index (Phi) is 2.62. The summed E-state index contributed by atoms with van der Waals surface area (Å²) in [6.45, 7) is 0. The van der Waals surface area contributed by atoms with Gasteiger partial charge in [0, 0.05) is 5.56 Å². The number of aromatic amines is 1. The van der Waals surface area contributed by atoms with Crippen LogP contribution in [0.3, 0.4) is 0 Å². The number of fused-ring (bicyclic) bond motifs is 1. The van der Waals surface area contributed by atoms with Crippen molar-refractivity contribution in [3.05, 3.63) is 48.7 Å². The molecule has 1 heterocycles. The lowest BCUT2D eigenvalue weighted by Crippen LogP contribution is -1.97. The van der Waals surface area contributed by atoms with Crippen LogP contribution in [0.15, 0.2) is 53.7 Å². The van der Waals surface area contributed by atoms with Crippen LogP contribution in [-0.2, 0) is 10.1 Å². The van der Waals surface area contributed by atoms with Crippen molar-refractivity contribution in [2.24, 2.45) is 0 Å². The van der Waals surface area contributed by atoms with Crippen LogP contribution in [0.5, 0.6) is 0 Å². The van der Waals surface area contributed by atoms with Gasteiger partial charge in [-0.05, 0) is 10.8 Å². The van der Waals surface area contributed by atoms with E-state index < -0.39 is 10.1 Å². The molecule has 0 saturated carbocycles. The first-order valence-corrected chi connectivity index (χ1v) is 7.00. The van der Waals surface area contributed by atoms with Crippen molar-refractivity contribution in [2.75, 3.05) is 0 Å². The van der Waals surface area contributed by atoms with Crippen LogP contribution in [0.1, 0.15) is 0 Å². The van der Waals surface area contributed by atoms with Crippen LogP contribution in [0.4, 0.5) is 0 Å². The summed E-state index contributed by atoms with van der Waals surface area (Å²) >= 11 is 0. The van der Waals surface area contributed by atoms with Gasteiger partial charge >= 0.3 is 10.1 Å². The standard InChI is InChI=1S/C13H10N2O3S/c16-19(17,18)12-8-14-13(15-12)11-7-3-5-9-4-1-2-6-10(9)11/h1-8H,(H,14,15)(H,16,17,18). The minimum absolute atomic E-state index is 0.310. The van der Waals surface area contributed by atoms with Crippen LogP contribution in [0.25, 0.3) is 22.2 Å². The van der Waals surface area contributed by atoms with E-state index in [1.54, 1.807) is 0 Å². The van der Waals surface area contributed by atoms with Gasteiger partial charge in [0.25, 0.3) is 0 Å². The highest BCUT2D eigenvalue weighted by atomic mass is 32.2. The van der Waals surface area contributed by atoms with E-state index in [0.29, 0.717) is 5.82 Å². The van der Waals surface area contributed by atoms with E-state index >= 15 is 0 Å². The number of benzene rings is 2. The predicted octanol–water partition coefficient (Wildman–Crippen LogP) is 2.48. The van der Waals surface area contributed by atoms with Crippen molar-refractivity contribution >= 4 is 20.9 Å². The van der Waals surface area contributed by atoms with Crippen molar-refractivity contribution in [1.82, 2.24) is 9.97 Å². The molecule has 6 heteroatoms. The zero-order valence-corrected chi connectivity index (χ0v) is 10.6. The number of rotatable bonds is 2. The zero-order valence-electron chi connectivity index (χ0n) is 9.74. The number of nitrogens with one attached hydrogen (secondary N) is 1. The molecule has 3 aromatic rings. The monoisotopic (exact) mass is 274 g/mol. The smallest absolute Gasteiger partial charge is 0.311 e. The van der Waals surface area contributed by atoms with Crippen molar-refractivity contribution < 1.29 is 13.0 Å². The molecule has 0 aliphatic rings. The van der Waals surface area contributed by atoms with Crippen LogP contribution in [-0.4, -0.2) is 22.9 Å². The number of H-pyrrole nitrogens is 1. The topological polar surface area (TPSA) is 83.1 Å². The van der Waals surface area contributed by atoms with Gasteiger partial charge in [0.2, 0.25) is 0 Å². The van der Waals surface area contributed by atoms with Crippen LogP contribution in [0.2, 0.25) is 0 Å². The molecular formula is C13H10N2O3S. The van der Waals surface area contributed by atoms with Gasteiger partial charge in [0.15, 0.2) is 5.03 Å². The molecular weight excluding hydrogens is 264 g/mol. The van der Waals surface area contributed by atoms with Crippen molar-refractivity contribution in [1.29, 1.82) is 0 Å². The highest BCUT2D eigenvalue weighted by Gasteiger charge is 2.14. The fraction of sp³-hybridized carbons (Fsp3) is 0. The van der Waals surface area contributed by atoms with Crippen molar-refractivity contribution in [3.8, 4) is 11.4 Å². The summed E-state index contributed by atoms with van der Waals surface area (Å²) in [5, 5.41) is 1.68. The number of aromatic nitrogens is 2. The summed E-state index contributed by atoms with van der Waals surface area (Å²) in [5.74, 6) is 0.407. The average molecular weight is 274 g/mol. The summed E-state index contributed by atoms with van der Waals surface area (Å²) in [6, 6.07) is 13.4. The Bertz CT molecular complexity index is 848. The maximum Gasteiger partial charge on any atom is 0.311 e. The van der Waals surface area contributed by atoms with Gasteiger partial charge in [-0.25, -0.2) is 4.98 Å². The molecule has 3 rings (SSSR count). The van der Waals surface area contributed by atoms with E-state index in [1.165, 1.54) is 0 Å². The second kappa shape index (κ2) is 4.18. The molecule has 2 aromatic carbocycles. The molecule has 19 heavy (non-hydrogen) atoms. The molecule has 0 spiro atoms. The van der Waals surface area contributed by atoms with E-state index in [0.717, 1.165) is 22.5 Å². The molecule has 0 saturated heterocycles. The molecule has 0 aliphatic heterocycles. The Morgan fingerprint density at radius 2 is 1.79 bits per heavy atom. The molecule has 0 atom stereocenters. The second-order valence-corrected chi connectivity index (χ2v) is 5.49. The largest absolute Gasteiger partial charge is 0.327 e. The van der Waals surface area contributed by atoms with Gasteiger partial charge in [-0.2, -0.15) is 8.42 Å². The van der Waals surface area contributed by atoms with Gasteiger partial charge in [-0.3, -0.25) is 4.55 Å². The van der Waals surface area contributed by atoms with Crippen LogP contribution >= 0.6 is 0 Å². The highest BCUT2D eigenvalue weighted by molar-refractivity contribution is 7.85. The normalized spacial score (nSPS) is 11.8. The van der Waals surface area contributed by atoms with Gasteiger partial charge in [0.05, 0.1) is 6.20 Å². The molecule has 0 aliphatic carbocycles. The average Bonchev–Trinajstić information content (AvgIpc) is 2.87. The molecule has 2 N–H and O–H groups in total. The first-order chi connectivity index (χ1) is 9.05. The summed E-state index contributed by atoms with van der Waals surface area (Å²) in [4.78, 5) is 6.62. The van der Waals surface area contributed by atoms with Crippen molar-refractivity contribution in [2.45, 2.75) is 5.03 Å². The molecule has 0 bridgehead atoms. The van der Waals surface area contributed by atoms with E-state index in [9.17, 15) is 8.42 Å². The Morgan fingerprint density at radius 3 is 2.53 bits per heavy atom. The third kappa shape index (κ3) is 2.11. The minimum atomic E-state index is -4.26. The number of nitrogens with zero attached hydrogens (tertiary/aromatic N) is 1. The second-order valence-electron chi connectivity index (χ2n) is 4.10. The Balaban J connectivity index is 2.23. The summed E-state index contributed by atoms with van der Waals surface area (Å²) in [7, 11) is -4.26. The van der Waals surface area contributed by atoms with E-state index in [-0.39, 0.29) is 5.03 Å². The third-order valence-corrected chi connectivity index (χ3v) is 3.64. The minimum Gasteiger partial charge on any atom is -0.327 e. The maximum absolute atomic E-state index is 11.0. The Hall–Kier alpha value is -2.18. The molecule has 0 unspecified atom stereocenters. The molecule has 1 aromatic heterocycles. The highest BCUT2D eigenvalue weighted by Crippen LogP contribution is 2.26. The number of hydrogen-bond donors (Lipinski definition) is 2. The Morgan fingerprint density at radius 1 is 1.05 bits per heavy atom. The third-order valence-electron chi connectivity index (χ3n) is 2.88. The van der Waals surface area contributed by atoms with E-state index in [1.807, 2.05) is 42.5 Å². The number of imidazole rings is 1. The summed E-state index contributed by atoms with van der Waals surface area (Å²) < 4.78 is 31.0. The number of hydrogen-bond acceptors (Lipinski definition) is 3. The lowest BCUT2D eigenvalue weighted by Gasteiger charge is -2.03. The van der Waals surface area contributed by atoms with E-state index in [4.69, 9.17) is 4.55 Å². The van der Waals surface area contributed by atoms with Gasteiger partial charge in [-0.15, -0.1) is 0 Å². The fourth-order valence-electron chi connectivity index (χ4n) is 2.00. The lowest BCUT2D eigenvalue weighted by atomic mass is 10.0. The fourth-order valence-corrected chi connectivity index (χ4v) is 2.42. The summed E-state index contributed by atoms with van der Waals surface area (Å²) in [6.07, 6.45) is 1.10. The van der Waals surface area contributed by atoms with Crippen molar-refractivity contribution in [3.63, 3.8) is 0 Å². The maximum atomic E-state index is 11.0. The predicted molar refractivity (Wildman–Crippen MR) is 71.3 cm³/mol. The van der Waals surface area contributed by atoms with Gasteiger partial charge < -0.3 is 4.98 Å². The SMILES string of the molecule is O=S(=O)(O)c1cnc(-c2cccc3ccccc23)[nH]1. The molecule has 5 nitrogen and oxygen atoms in total. The van der Waals surface area contributed by atoms with Gasteiger partial charge in [0.1, 0.15) is 5.82 Å². The van der Waals surface area contributed by atoms with Crippen LogP contribution < -0.4 is 0 Å². The molecule has 0 amide bonds. The quantitative estimate of drug-likeness (QED) is 0.703. The first-order valence-electron chi connectivity index (χ1n) is 5.56. The van der Waals surface area contributed by atoms with E-state index in [2.05, 4.69) is 9.97 Å². The van der Waals surface area contributed by atoms with Crippen LogP contribution in [0, 0.1) is 0 Å². The Labute approximate surface area is 109 Å².